The third-order valence-electron chi connectivity index (χ3n) is 4.84. The van der Waals surface area contributed by atoms with E-state index in [1.165, 1.54) is 23.6 Å². The van der Waals surface area contributed by atoms with E-state index < -0.39 is 29.1 Å². The fraction of sp³-hybridized carbons (Fsp3) is 0.611. The number of hydrogen-bond donors (Lipinski definition) is 2. The molecule has 0 radical (unpaired) electrons. The highest BCUT2D eigenvalue weighted by Gasteiger charge is 2.58. The van der Waals surface area contributed by atoms with E-state index in [1.807, 2.05) is 0 Å². The second-order valence-electron chi connectivity index (χ2n) is 7.16. The molecule has 2 heterocycles. The number of carbonyl (C=O) groups is 1. The number of aliphatic hydroxyl groups is 1. The van der Waals surface area contributed by atoms with Gasteiger partial charge in [-0.2, -0.15) is 13.2 Å². The average molecular weight is 434 g/mol. The molecule has 2 aromatic rings. The molecule has 0 saturated carbocycles. The lowest BCUT2D eigenvalue weighted by atomic mass is 9.88. The van der Waals surface area contributed by atoms with E-state index in [1.54, 1.807) is 0 Å². The molecular weight excluding hydrogens is 411 g/mol. The first kappa shape index (κ1) is 21.2. The average Bonchev–Trinajstić information content (AvgIpc) is 3.19. The summed E-state index contributed by atoms with van der Waals surface area (Å²) >= 11 is 1.99. The number of alkyl halides is 3. The third-order valence-corrected chi connectivity index (χ3v) is 6.99. The van der Waals surface area contributed by atoms with Crippen LogP contribution in [0.5, 0.6) is 0 Å². The van der Waals surface area contributed by atoms with Gasteiger partial charge in [-0.1, -0.05) is 19.8 Å². The third kappa shape index (κ3) is 4.38. The van der Waals surface area contributed by atoms with Gasteiger partial charge in [0.05, 0.1) is 12.1 Å². The summed E-state index contributed by atoms with van der Waals surface area (Å²) in [6.45, 7) is 3.67. The Kier molecular flexibility index (Phi) is 6.11. The number of halogens is 3. The van der Waals surface area contributed by atoms with E-state index in [0.29, 0.717) is 22.9 Å². The topological polar surface area (TPSA) is 75.1 Å². The lowest BCUT2D eigenvalue weighted by Gasteiger charge is -2.27. The van der Waals surface area contributed by atoms with Crippen LogP contribution in [0.15, 0.2) is 5.38 Å². The first-order valence-corrected chi connectivity index (χ1v) is 10.8. The monoisotopic (exact) mass is 433 g/mol. The van der Waals surface area contributed by atoms with Gasteiger partial charge < -0.3 is 10.4 Å². The number of amides is 1. The summed E-state index contributed by atoms with van der Waals surface area (Å²) in [7, 11) is 0. The van der Waals surface area contributed by atoms with Crippen molar-refractivity contribution in [2.75, 3.05) is 5.32 Å². The maximum absolute atomic E-state index is 13.5. The molecule has 0 aliphatic heterocycles. The summed E-state index contributed by atoms with van der Waals surface area (Å²) in [5, 5.41) is 13.9. The number of rotatable bonds is 6. The van der Waals surface area contributed by atoms with Crippen molar-refractivity contribution in [3.63, 3.8) is 0 Å². The van der Waals surface area contributed by atoms with E-state index in [0.717, 1.165) is 42.7 Å². The minimum atomic E-state index is -5.02. The van der Waals surface area contributed by atoms with Crippen LogP contribution in [0, 0.1) is 12.8 Å². The normalized spacial score (nSPS) is 19.1. The lowest BCUT2D eigenvalue weighted by Crippen LogP contribution is -2.45. The smallest absolute Gasteiger partial charge is 0.374 e. The maximum Gasteiger partial charge on any atom is 0.424 e. The van der Waals surface area contributed by atoms with Crippen LogP contribution in [-0.2, 0) is 23.2 Å². The minimum absolute atomic E-state index is 0.284. The van der Waals surface area contributed by atoms with Crippen molar-refractivity contribution in [2.45, 2.75) is 64.1 Å². The number of nitrogens with one attached hydrogen (secondary N) is 1. The molecule has 28 heavy (non-hydrogen) atoms. The van der Waals surface area contributed by atoms with Crippen molar-refractivity contribution < 1.29 is 23.1 Å². The molecule has 2 aromatic heterocycles. The van der Waals surface area contributed by atoms with Crippen molar-refractivity contribution >= 4 is 33.7 Å². The van der Waals surface area contributed by atoms with Gasteiger partial charge in [0.1, 0.15) is 5.01 Å². The van der Waals surface area contributed by atoms with Crippen molar-refractivity contribution in [1.82, 2.24) is 9.97 Å². The number of hydrogen-bond acceptors (Lipinski definition) is 6. The van der Waals surface area contributed by atoms with Crippen LogP contribution in [0.2, 0.25) is 0 Å². The number of aryl methyl sites for hydroxylation is 2. The van der Waals surface area contributed by atoms with Crippen molar-refractivity contribution in [3.05, 3.63) is 26.7 Å². The highest BCUT2D eigenvalue weighted by atomic mass is 32.1. The standard InChI is InChI=1S/C18H22F3N3O2S2/c1-3-4-11-5-6-12-13(7-11)28-16(23-12)24-14(25)8-17(26,18(19,20)21)15-22-10(2)9-27-15/h9,11,26H,3-8H2,1-2H3,(H,23,24,25). The zero-order valence-corrected chi connectivity index (χ0v) is 17.2. The molecule has 1 aliphatic carbocycles. The highest BCUT2D eigenvalue weighted by Crippen LogP contribution is 2.43. The van der Waals surface area contributed by atoms with E-state index in [9.17, 15) is 23.1 Å². The number of thiazole rings is 2. The molecule has 1 amide bonds. The van der Waals surface area contributed by atoms with Gasteiger partial charge in [0.25, 0.3) is 0 Å². The second kappa shape index (κ2) is 8.08. The van der Waals surface area contributed by atoms with E-state index >= 15 is 0 Å². The summed E-state index contributed by atoms with van der Waals surface area (Å²) in [5.41, 5.74) is -2.05. The van der Waals surface area contributed by atoms with Crippen LogP contribution < -0.4 is 5.32 Å². The molecule has 0 aromatic carbocycles. The molecule has 5 nitrogen and oxygen atoms in total. The maximum atomic E-state index is 13.5. The Bertz CT molecular complexity index is 849. The summed E-state index contributed by atoms with van der Waals surface area (Å²) < 4.78 is 40.6. The first-order chi connectivity index (χ1) is 13.1. The predicted molar refractivity (Wildman–Crippen MR) is 103 cm³/mol. The number of nitrogens with zero attached hydrogens (tertiary/aromatic N) is 2. The number of carbonyl (C=O) groups excluding carboxylic acids is 1. The zero-order chi connectivity index (χ0) is 20.5. The van der Waals surface area contributed by atoms with Crippen LogP contribution in [0.4, 0.5) is 18.3 Å². The van der Waals surface area contributed by atoms with Crippen LogP contribution in [-0.4, -0.2) is 27.2 Å². The highest BCUT2D eigenvalue weighted by molar-refractivity contribution is 7.15. The molecule has 1 aliphatic rings. The summed E-state index contributed by atoms with van der Waals surface area (Å²) in [6.07, 6.45) is -1.20. The molecule has 3 rings (SSSR count). The summed E-state index contributed by atoms with van der Waals surface area (Å²) in [4.78, 5) is 21.5. The van der Waals surface area contributed by atoms with Crippen LogP contribution in [0.1, 0.15) is 53.9 Å². The summed E-state index contributed by atoms with van der Waals surface area (Å²) in [5.74, 6) is -0.353. The Morgan fingerprint density at radius 1 is 1.39 bits per heavy atom. The van der Waals surface area contributed by atoms with Gasteiger partial charge in [-0.3, -0.25) is 4.79 Å². The number of anilines is 1. The Morgan fingerprint density at radius 3 is 2.75 bits per heavy atom. The molecule has 0 fully saturated rings. The number of aromatic nitrogens is 2. The van der Waals surface area contributed by atoms with Gasteiger partial charge in [-0.25, -0.2) is 9.97 Å². The molecular formula is C18H22F3N3O2S2. The predicted octanol–water partition coefficient (Wildman–Crippen LogP) is 4.59. The van der Waals surface area contributed by atoms with E-state index in [-0.39, 0.29) is 5.13 Å². The Balaban J connectivity index is 1.72. The minimum Gasteiger partial charge on any atom is -0.374 e. The SMILES string of the molecule is CCCC1CCc2nc(NC(=O)CC(O)(c3nc(C)cs3)C(F)(F)F)sc2C1. The number of fused-ring (bicyclic) bond motifs is 1. The van der Waals surface area contributed by atoms with Gasteiger partial charge in [0, 0.05) is 16.0 Å². The fourth-order valence-electron chi connectivity index (χ4n) is 3.39. The first-order valence-electron chi connectivity index (χ1n) is 9.12. The van der Waals surface area contributed by atoms with E-state index in [4.69, 9.17) is 0 Å². The largest absolute Gasteiger partial charge is 0.424 e. The molecule has 0 bridgehead atoms. The molecule has 2 atom stereocenters. The van der Waals surface area contributed by atoms with Gasteiger partial charge in [-0.15, -0.1) is 22.7 Å². The van der Waals surface area contributed by atoms with Crippen molar-refractivity contribution in [1.29, 1.82) is 0 Å². The molecule has 2 unspecified atom stereocenters. The molecule has 2 N–H and O–H groups in total. The fourth-order valence-corrected chi connectivity index (χ4v) is 5.44. The van der Waals surface area contributed by atoms with E-state index in [2.05, 4.69) is 22.2 Å². The van der Waals surface area contributed by atoms with Crippen molar-refractivity contribution in [3.8, 4) is 0 Å². The zero-order valence-electron chi connectivity index (χ0n) is 15.6. The van der Waals surface area contributed by atoms with Crippen LogP contribution >= 0.6 is 22.7 Å². The quantitative estimate of drug-likeness (QED) is 0.699. The van der Waals surface area contributed by atoms with Crippen molar-refractivity contribution in [2.24, 2.45) is 5.92 Å². The molecule has 0 spiro atoms. The van der Waals surface area contributed by atoms with Gasteiger partial charge in [0.2, 0.25) is 11.5 Å². The van der Waals surface area contributed by atoms with Gasteiger partial charge in [0.15, 0.2) is 5.13 Å². The van der Waals surface area contributed by atoms with Gasteiger partial charge in [-0.05, 0) is 32.1 Å². The molecule has 0 saturated heterocycles. The molecule has 154 valence electrons. The lowest BCUT2D eigenvalue weighted by molar-refractivity contribution is -0.266. The second-order valence-corrected chi connectivity index (χ2v) is 9.11. The Labute approximate surface area is 169 Å². The summed E-state index contributed by atoms with van der Waals surface area (Å²) in [6, 6.07) is 0. The van der Waals surface area contributed by atoms with Crippen LogP contribution in [0.25, 0.3) is 0 Å². The molecule has 10 heteroatoms. The Hall–Kier alpha value is -1.52. The Morgan fingerprint density at radius 2 is 2.14 bits per heavy atom. The van der Waals surface area contributed by atoms with Crippen LogP contribution in [0.3, 0.4) is 0 Å². The van der Waals surface area contributed by atoms with Gasteiger partial charge >= 0.3 is 6.18 Å².